The molecule has 0 saturated carbocycles. The Morgan fingerprint density at radius 3 is 2.58 bits per heavy atom. The van der Waals surface area contributed by atoms with Crippen LogP contribution in [-0.2, 0) is 16.1 Å². The highest BCUT2D eigenvalue weighted by atomic mass is 16.6. The lowest BCUT2D eigenvalue weighted by Gasteiger charge is -2.12. The minimum atomic E-state index is -0.934. The standard InChI is InChI=1S/C20H17N3O8/c1-3-30-20(25)18-16(21-15-8-7-14(29-2)10-17(15)22(18)26)11-31-19(24)12-5-4-6-13(9-12)23(27)28/h4-10H,3,11H2,1-2H3. The van der Waals surface area contributed by atoms with Crippen LogP contribution < -0.4 is 9.47 Å². The Morgan fingerprint density at radius 1 is 1.13 bits per heavy atom. The number of hydrogen-bond acceptors (Lipinski definition) is 9. The maximum absolute atomic E-state index is 12.9. The van der Waals surface area contributed by atoms with Gasteiger partial charge in [-0.15, -0.1) is 0 Å². The Hall–Kier alpha value is -4.28. The van der Waals surface area contributed by atoms with E-state index in [4.69, 9.17) is 14.2 Å². The molecule has 2 aromatic carbocycles. The van der Waals surface area contributed by atoms with Crippen molar-refractivity contribution in [3.8, 4) is 5.75 Å². The zero-order chi connectivity index (χ0) is 22.5. The second-order valence-electron chi connectivity index (χ2n) is 6.16. The molecule has 1 heterocycles. The highest BCUT2D eigenvalue weighted by molar-refractivity contribution is 5.91. The SMILES string of the molecule is CCOC(=O)c1c(COC(=O)c2cccc([N+](=O)[O-])c2)nc2ccc(OC)cc2[n+]1[O-]. The highest BCUT2D eigenvalue weighted by Crippen LogP contribution is 2.20. The molecule has 0 spiro atoms. The smallest absolute Gasteiger partial charge is 0.407 e. The lowest BCUT2D eigenvalue weighted by Crippen LogP contribution is -2.39. The van der Waals surface area contributed by atoms with Gasteiger partial charge in [0.05, 0.1) is 30.3 Å². The van der Waals surface area contributed by atoms with E-state index in [2.05, 4.69) is 4.98 Å². The van der Waals surface area contributed by atoms with Gasteiger partial charge >= 0.3 is 17.6 Å². The van der Waals surface area contributed by atoms with Gasteiger partial charge < -0.3 is 19.4 Å². The van der Waals surface area contributed by atoms with Crippen LogP contribution in [0.25, 0.3) is 11.0 Å². The lowest BCUT2D eigenvalue weighted by molar-refractivity contribution is -0.581. The molecule has 160 valence electrons. The molecule has 0 aliphatic heterocycles. The van der Waals surface area contributed by atoms with Crippen LogP contribution in [0.3, 0.4) is 0 Å². The molecule has 3 aromatic rings. The molecule has 0 aliphatic carbocycles. The molecular weight excluding hydrogens is 410 g/mol. The molecule has 0 bridgehead atoms. The van der Waals surface area contributed by atoms with Crippen LogP contribution in [-0.4, -0.2) is 35.6 Å². The van der Waals surface area contributed by atoms with Crippen LogP contribution in [0.15, 0.2) is 42.5 Å². The van der Waals surface area contributed by atoms with Gasteiger partial charge in [0.1, 0.15) is 17.9 Å². The summed E-state index contributed by atoms with van der Waals surface area (Å²) in [7, 11) is 1.43. The van der Waals surface area contributed by atoms with Crippen molar-refractivity contribution in [2.45, 2.75) is 13.5 Å². The number of hydrogen-bond donors (Lipinski definition) is 0. The summed E-state index contributed by atoms with van der Waals surface area (Å²) in [5, 5.41) is 23.8. The fraction of sp³-hybridized carbons (Fsp3) is 0.200. The molecule has 0 unspecified atom stereocenters. The molecule has 0 radical (unpaired) electrons. The summed E-state index contributed by atoms with van der Waals surface area (Å²) in [6.45, 7) is 1.06. The average Bonchev–Trinajstić information content (AvgIpc) is 2.77. The molecule has 0 N–H and O–H groups in total. The normalized spacial score (nSPS) is 10.5. The quantitative estimate of drug-likeness (QED) is 0.182. The van der Waals surface area contributed by atoms with Crippen molar-refractivity contribution in [3.63, 3.8) is 0 Å². The van der Waals surface area contributed by atoms with E-state index >= 15 is 0 Å². The van der Waals surface area contributed by atoms with Gasteiger partial charge in [-0.1, -0.05) is 6.07 Å². The minimum absolute atomic E-state index is 0.0158. The Bertz CT molecular complexity index is 1180. The van der Waals surface area contributed by atoms with Crippen LogP contribution in [0.4, 0.5) is 5.69 Å². The van der Waals surface area contributed by atoms with Crippen LogP contribution >= 0.6 is 0 Å². The van der Waals surface area contributed by atoms with Crippen molar-refractivity contribution in [2.75, 3.05) is 13.7 Å². The predicted octanol–water partition coefficient (Wildman–Crippen LogP) is 2.32. The van der Waals surface area contributed by atoms with Crippen LogP contribution in [0.1, 0.15) is 33.5 Å². The Labute approximate surface area is 175 Å². The van der Waals surface area contributed by atoms with Crippen molar-refractivity contribution >= 4 is 28.7 Å². The molecule has 3 rings (SSSR count). The molecule has 0 amide bonds. The fourth-order valence-corrected chi connectivity index (χ4v) is 2.79. The summed E-state index contributed by atoms with van der Waals surface area (Å²) in [6, 6.07) is 9.48. The molecule has 1 aromatic heterocycles. The molecule has 0 fully saturated rings. The van der Waals surface area contributed by atoms with E-state index in [-0.39, 0.29) is 34.6 Å². The second-order valence-corrected chi connectivity index (χ2v) is 6.16. The maximum Gasteiger partial charge on any atom is 0.407 e. The van der Waals surface area contributed by atoms with E-state index in [9.17, 15) is 24.9 Å². The molecule has 11 heteroatoms. The number of rotatable bonds is 7. The van der Waals surface area contributed by atoms with Gasteiger partial charge in [0.15, 0.2) is 5.69 Å². The third kappa shape index (κ3) is 4.50. The third-order valence-electron chi connectivity index (χ3n) is 4.23. The average molecular weight is 427 g/mol. The number of benzene rings is 2. The molecule has 11 nitrogen and oxygen atoms in total. The number of carbonyl (C=O) groups is 2. The molecule has 31 heavy (non-hydrogen) atoms. The zero-order valence-electron chi connectivity index (χ0n) is 16.6. The summed E-state index contributed by atoms with van der Waals surface area (Å²) in [6.07, 6.45) is 0. The molecule has 0 atom stereocenters. The van der Waals surface area contributed by atoms with Gasteiger partial charge in [0.25, 0.3) is 5.69 Å². The number of methoxy groups -OCH3 is 1. The largest absolute Gasteiger partial charge is 0.618 e. The molecule has 0 aliphatic rings. The Kier molecular flexibility index (Phi) is 6.24. The van der Waals surface area contributed by atoms with Gasteiger partial charge in [0.2, 0.25) is 5.52 Å². The molecule has 0 saturated heterocycles. The van der Waals surface area contributed by atoms with E-state index in [0.717, 1.165) is 6.07 Å². The first-order valence-electron chi connectivity index (χ1n) is 9.04. The summed E-state index contributed by atoms with van der Waals surface area (Å²) in [5.74, 6) is -1.43. The molecular formula is C20H17N3O8. The minimum Gasteiger partial charge on any atom is -0.618 e. The number of non-ortho nitro benzene ring substituents is 1. The maximum atomic E-state index is 12.9. The number of nitro benzene ring substituents is 1. The van der Waals surface area contributed by atoms with E-state index in [1.807, 2.05) is 0 Å². The van der Waals surface area contributed by atoms with E-state index in [1.54, 1.807) is 13.0 Å². The number of nitro groups is 1. The second kappa shape index (κ2) is 9.03. The van der Waals surface area contributed by atoms with Crippen LogP contribution in [0, 0.1) is 15.3 Å². The zero-order valence-corrected chi connectivity index (χ0v) is 16.6. The van der Waals surface area contributed by atoms with Crippen molar-refractivity contribution in [2.24, 2.45) is 0 Å². The number of carbonyl (C=O) groups excluding carboxylic acids is 2. The number of nitrogens with zero attached hydrogens (tertiary/aromatic N) is 3. The topological polar surface area (TPSA) is 145 Å². The first-order valence-corrected chi connectivity index (χ1v) is 9.04. The van der Waals surface area contributed by atoms with E-state index in [1.165, 1.54) is 37.4 Å². The predicted molar refractivity (Wildman–Crippen MR) is 105 cm³/mol. The first kappa shape index (κ1) is 21.4. The Morgan fingerprint density at radius 2 is 1.90 bits per heavy atom. The van der Waals surface area contributed by atoms with Crippen molar-refractivity contribution < 1.29 is 33.5 Å². The number of aromatic nitrogens is 2. The van der Waals surface area contributed by atoms with E-state index in [0.29, 0.717) is 10.5 Å². The number of ether oxygens (including phenoxy) is 3. The van der Waals surface area contributed by atoms with Crippen molar-refractivity contribution in [1.29, 1.82) is 0 Å². The third-order valence-corrected chi connectivity index (χ3v) is 4.23. The van der Waals surface area contributed by atoms with Crippen LogP contribution in [0.2, 0.25) is 0 Å². The number of fused-ring (bicyclic) bond motifs is 1. The summed E-state index contributed by atoms with van der Waals surface area (Å²) in [4.78, 5) is 39.2. The fourth-order valence-electron chi connectivity index (χ4n) is 2.79. The summed E-state index contributed by atoms with van der Waals surface area (Å²) >= 11 is 0. The van der Waals surface area contributed by atoms with Gasteiger partial charge in [-0.05, 0) is 25.1 Å². The first-order chi connectivity index (χ1) is 14.8. The van der Waals surface area contributed by atoms with Crippen molar-refractivity contribution in [1.82, 2.24) is 4.98 Å². The van der Waals surface area contributed by atoms with Gasteiger partial charge in [-0.25, -0.2) is 14.6 Å². The Balaban J connectivity index is 1.97. The van der Waals surface area contributed by atoms with Gasteiger partial charge in [-0.2, -0.15) is 4.73 Å². The summed E-state index contributed by atoms with van der Waals surface area (Å²) < 4.78 is 15.5. The summed E-state index contributed by atoms with van der Waals surface area (Å²) in [5.41, 5.74) is -0.593. The van der Waals surface area contributed by atoms with Gasteiger partial charge in [0, 0.05) is 12.1 Å². The highest BCUT2D eigenvalue weighted by Gasteiger charge is 2.29. The van der Waals surface area contributed by atoms with E-state index < -0.39 is 29.2 Å². The number of esters is 2. The van der Waals surface area contributed by atoms with Crippen LogP contribution in [0.5, 0.6) is 5.75 Å². The van der Waals surface area contributed by atoms with Crippen molar-refractivity contribution in [3.05, 3.63) is 74.7 Å². The lowest BCUT2D eigenvalue weighted by atomic mass is 10.2. The van der Waals surface area contributed by atoms with Gasteiger partial charge in [-0.3, -0.25) is 10.1 Å². The monoisotopic (exact) mass is 427 g/mol.